The summed E-state index contributed by atoms with van der Waals surface area (Å²) in [5.74, 6) is 0. The van der Waals surface area contributed by atoms with E-state index >= 15 is 0 Å². The molecule has 0 aliphatic heterocycles. The summed E-state index contributed by atoms with van der Waals surface area (Å²) in [5.41, 5.74) is 1.11. The minimum atomic E-state index is -3.39. The Morgan fingerprint density at radius 3 is 2.32 bits per heavy atom. The predicted molar refractivity (Wildman–Crippen MR) is 75.4 cm³/mol. The Bertz CT molecular complexity index is 456. The van der Waals surface area contributed by atoms with Crippen LogP contribution in [0.25, 0.3) is 0 Å². The van der Waals surface area contributed by atoms with Gasteiger partial charge in [-0.2, -0.15) is 8.42 Å². The number of ether oxygens (including phenoxy) is 1. The molecule has 1 rings (SSSR count). The molecule has 0 bridgehead atoms. The molecule has 0 heterocycles. The predicted octanol–water partition coefficient (Wildman–Crippen LogP) is 2.91. The molecule has 0 amide bonds. The van der Waals surface area contributed by atoms with Gasteiger partial charge in [-0.1, -0.05) is 30.3 Å². The van der Waals surface area contributed by atoms with Crippen LogP contribution in [0.15, 0.2) is 30.3 Å². The van der Waals surface area contributed by atoms with E-state index in [9.17, 15) is 8.42 Å². The highest BCUT2D eigenvalue weighted by molar-refractivity contribution is 7.86. The van der Waals surface area contributed by atoms with Gasteiger partial charge >= 0.3 is 0 Å². The lowest BCUT2D eigenvalue weighted by Crippen LogP contribution is -2.16. The Balaban J connectivity index is 2.56. The molecule has 1 aromatic rings. The minimum Gasteiger partial charge on any atom is -0.374 e. The SMILES string of the molecule is CCOC(CCC(C)OS(C)(=O)=O)c1ccccc1. The summed E-state index contributed by atoms with van der Waals surface area (Å²) in [6.45, 7) is 4.34. The molecule has 1 aromatic carbocycles. The Labute approximate surface area is 115 Å². The number of benzene rings is 1. The van der Waals surface area contributed by atoms with E-state index in [2.05, 4.69) is 0 Å². The molecule has 0 aromatic heterocycles. The summed E-state index contributed by atoms with van der Waals surface area (Å²) < 4.78 is 32.7. The highest BCUT2D eigenvalue weighted by Gasteiger charge is 2.15. The van der Waals surface area contributed by atoms with Gasteiger partial charge in [0.15, 0.2) is 0 Å². The second kappa shape index (κ2) is 7.62. The van der Waals surface area contributed by atoms with Crippen molar-refractivity contribution in [3.63, 3.8) is 0 Å². The summed E-state index contributed by atoms with van der Waals surface area (Å²) in [4.78, 5) is 0. The highest BCUT2D eigenvalue weighted by Crippen LogP contribution is 2.24. The molecule has 108 valence electrons. The quantitative estimate of drug-likeness (QED) is 0.689. The fraction of sp³-hybridized carbons (Fsp3) is 0.571. The average molecular weight is 286 g/mol. The van der Waals surface area contributed by atoms with Crippen LogP contribution in [0.5, 0.6) is 0 Å². The van der Waals surface area contributed by atoms with Crippen LogP contribution in [0.4, 0.5) is 0 Å². The maximum atomic E-state index is 11.0. The lowest BCUT2D eigenvalue weighted by atomic mass is 10.0. The standard InChI is InChI=1S/C14H22O4S/c1-4-17-14(13-8-6-5-7-9-13)11-10-12(2)18-19(3,15)16/h5-9,12,14H,4,10-11H2,1-3H3. The van der Waals surface area contributed by atoms with Gasteiger partial charge in [-0.05, 0) is 32.3 Å². The molecule has 19 heavy (non-hydrogen) atoms. The van der Waals surface area contributed by atoms with Gasteiger partial charge in [0.05, 0.1) is 18.5 Å². The fourth-order valence-electron chi connectivity index (χ4n) is 1.95. The van der Waals surface area contributed by atoms with E-state index in [1.807, 2.05) is 37.3 Å². The highest BCUT2D eigenvalue weighted by atomic mass is 32.2. The molecule has 0 saturated heterocycles. The van der Waals surface area contributed by atoms with Gasteiger partial charge in [0, 0.05) is 6.61 Å². The third-order valence-electron chi connectivity index (χ3n) is 2.71. The van der Waals surface area contributed by atoms with Crippen LogP contribution in [0, 0.1) is 0 Å². The molecule has 0 radical (unpaired) electrons. The van der Waals surface area contributed by atoms with E-state index in [0.717, 1.165) is 18.2 Å². The van der Waals surface area contributed by atoms with E-state index < -0.39 is 10.1 Å². The first kappa shape index (κ1) is 16.1. The number of hydrogen-bond donors (Lipinski definition) is 0. The van der Waals surface area contributed by atoms with Crippen LogP contribution < -0.4 is 0 Å². The van der Waals surface area contributed by atoms with Crippen molar-refractivity contribution in [3.8, 4) is 0 Å². The lowest BCUT2D eigenvalue weighted by molar-refractivity contribution is 0.0468. The molecule has 0 fully saturated rings. The van der Waals surface area contributed by atoms with Crippen molar-refractivity contribution in [1.82, 2.24) is 0 Å². The van der Waals surface area contributed by atoms with Crippen LogP contribution in [0.3, 0.4) is 0 Å². The van der Waals surface area contributed by atoms with Crippen molar-refractivity contribution in [2.45, 2.75) is 38.9 Å². The first-order chi connectivity index (χ1) is 8.92. The van der Waals surface area contributed by atoms with Gasteiger partial charge in [-0.15, -0.1) is 0 Å². The van der Waals surface area contributed by atoms with E-state index in [1.165, 1.54) is 0 Å². The number of hydrogen-bond acceptors (Lipinski definition) is 4. The van der Waals surface area contributed by atoms with Gasteiger partial charge in [-0.25, -0.2) is 0 Å². The molecule has 0 aliphatic carbocycles. The Morgan fingerprint density at radius 1 is 1.16 bits per heavy atom. The summed E-state index contributed by atoms with van der Waals surface area (Å²) in [6, 6.07) is 9.93. The van der Waals surface area contributed by atoms with E-state index in [4.69, 9.17) is 8.92 Å². The summed E-state index contributed by atoms with van der Waals surface area (Å²) in [6.07, 6.45) is 2.08. The average Bonchev–Trinajstić information content (AvgIpc) is 2.33. The number of rotatable bonds is 8. The second-order valence-electron chi connectivity index (χ2n) is 4.54. The summed E-state index contributed by atoms with van der Waals surface area (Å²) in [5, 5.41) is 0. The molecule has 0 aliphatic rings. The molecule has 0 saturated carbocycles. The van der Waals surface area contributed by atoms with Gasteiger partial charge in [0.25, 0.3) is 10.1 Å². The Hall–Kier alpha value is -0.910. The second-order valence-corrected chi connectivity index (χ2v) is 6.14. The van der Waals surface area contributed by atoms with Gasteiger partial charge < -0.3 is 4.74 Å². The van der Waals surface area contributed by atoms with Gasteiger partial charge in [-0.3, -0.25) is 4.18 Å². The molecule has 0 spiro atoms. The van der Waals surface area contributed by atoms with Gasteiger partial charge in [0.1, 0.15) is 0 Å². The fourth-order valence-corrected chi connectivity index (χ4v) is 2.64. The van der Waals surface area contributed by atoms with Gasteiger partial charge in [0.2, 0.25) is 0 Å². The van der Waals surface area contributed by atoms with Crippen LogP contribution in [0.1, 0.15) is 38.4 Å². The van der Waals surface area contributed by atoms with Crippen molar-refractivity contribution in [2.75, 3.05) is 12.9 Å². The minimum absolute atomic E-state index is 0.0168. The Morgan fingerprint density at radius 2 is 1.79 bits per heavy atom. The zero-order valence-electron chi connectivity index (χ0n) is 11.7. The maximum absolute atomic E-state index is 11.0. The molecular formula is C14H22O4S. The zero-order valence-corrected chi connectivity index (χ0v) is 12.5. The van der Waals surface area contributed by atoms with Crippen molar-refractivity contribution >= 4 is 10.1 Å². The largest absolute Gasteiger partial charge is 0.374 e. The van der Waals surface area contributed by atoms with E-state index in [0.29, 0.717) is 13.0 Å². The van der Waals surface area contributed by atoms with Crippen LogP contribution in [-0.4, -0.2) is 27.4 Å². The maximum Gasteiger partial charge on any atom is 0.264 e. The molecule has 0 N–H and O–H groups in total. The lowest BCUT2D eigenvalue weighted by Gasteiger charge is -2.19. The topological polar surface area (TPSA) is 52.6 Å². The van der Waals surface area contributed by atoms with Crippen LogP contribution in [0.2, 0.25) is 0 Å². The molecule has 2 unspecified atom stereocenters. The van der Waals surface area contributed by atoms with Crippen LogP contribution in [-0.2, 0) is 19.0 Å². The molecular weight excluding hydrogens is 264 g/mol. The Kier molecular flexibility index (Phi) is 6.48. The van der Waals surface area contributed by atoms with E-state index in [-0.39, 0.29) is 12.2 Å². The van der Waals surface area contributed by atoms with Crippen molar-refractivity contribution < 1.29 is 17.3 Å². The summed E-state index contributed by atoms with van der Waals surface area (Å²) in [7, 11) is -3.39. The molecule has 5 heteroatoms. The molecule has 2 atom stereocenters. The normalized spacial score (nSPS) is 15.1. The first-order valence-corrected chi connectivity index (χ1v) is 8.29. The van der Waals surface area contributed by atoms with Crippen LogP contribution >= 0.6 is 0 Å². The third-order valence-corrected chi connectivity index (χ3v) is 3.39. The first-order valence-electron chi connectivity index (χ1n) is 6.47. The molecule has 4 nitrogen and oxygen atoms in total. The van der Waals surface area contributed by atoms with E-state index in [1.54, 1.807) is 6.92 Å². The smallest absolute Gasteiger partial charge is 0.264 e. The zero-order chi connectivity index (χ0) is 14.3. The van der Waals surface area contributed by atoms with Crippen molar-refractivity contribution in [1.29, 1.82) is 0 Å². The summed E-state index contributed by atoms with van der Waals surface area (Å²) >= 11 is 0. The monoisotopic (exact) mass is 286 g/mol. The van der Waals surface area contributed by atoms with Crippen molar-refractivity contribution in [3.05, 3.63) is 35.9 Å². The third kappa shape index (κ3) is 6.71. The van der Waals surface area contributed by atoms with Crippen molar-refractivity contribution in [2.24, 2.45) is 0 Å².